The molecule has 5 heteroatoms. The SMILES string of the molecule is IC1CSc2nc(-c3ccccc3)nn2C1. The summed E-state index contributed by atoms with van der Waals surface area (Å²) in [6.45, 7) is 0.975. The van der Waals surface area contributed by atoms with Crippen molar-refractivity contribution in [1.82, 2.24) is 14.8 Å². The molecule has 82 valence electrons. The Morgan fingerprint density at radius 2 is 2.12 bits per heavy atom. The Kier molecular flexibility index (Phi) is 2.89. The number of rotatable bonds is 1. The molecule has 0 spiro atoms. The average molecular weight is 343 g/mol. The molecule has 1 aliphatic heterocycles. The maximum atomic E-state index is 4.57. The van der Waals surface area contributed by atoms with Gasteiger partial charge in [-0.1, -0.05) is 64.7 Å². The van der Waals surface area contributed by atoms with Crippen molar-refractivity contribution in [3.63, 3.8) is 0 Å². The molecule has 0 fully saturated rings. The van der Waals surface area contributed by atoms with Crippen molar-refractivity contribution in [2.24, 2.45) is 0 Å². The first-order chi connectivity index (χ1) is 7.83. The van der Waals surface area contributed by atoms with Crippen LogP contribution >= 0.6 is 34.4 Å². The van der Waals surface area contributed by atoms with Crippen molar-refractivity contribution in [2.75, 3.05) is 5.75 Å². The fourth-order valence-corrected chi connectivity index (χ4v) is 3.43. The van der Waals surface area contributed by atoms with E-state index in [0.717, 1.165) is 28.8 Å². The van der Waals surface area contributed by atoms with E-state index in [1.54, 1.807) is 11.8 Å². The van der Waals surface area contributed by atoms with Gasteiger partial charge < -0.3 is 0 Å². The highest BCUT2D eigenvalue weighted by Gasteiger charge is 2.20. The van der Waals surface area contributed by atoms with E-state index >= 15 is 0 Å². The highest BCUT2D eigenvalue weighted by atomic mass is 127. The highest BCUT2D eigenvalue weighted by Crippen LogP contribution is 2.28. The lowest BCUT2D eigenvalue weighted by Gasteiger charge is -2.15. The van der Waals surface area contributed by atoms with Crippen molar-refractivity contribution in [2.45, 2.75) is 15.6 Å². The summed E-state index contributed by atoms with van der Waals surface area (Å²) < 4.78 is 2.67. The van der Waals surface area contributed by atoms with Crippen LogP contribution < -0.4 is 0 Å². The van der Waals surface area contributed by atoms with Gasteiger partial charge in [0.05, 0.1) is 6.54 Å². The quantitative estimate of drug-likeness (QED) is 0.589. The first-order valence-electron chi connectivity index (χ1n) is 5.10. The predicted octanol–water partition coefficient (Wildman–Crippen LogP) is 2.85. The molecular weight excluding hydrogens is 333 g/mol. The van der Waals surface area contributed by atoms with Crippen LogP contribution in [0.2, 0.25) is 0 Å². The number of halogens is 1. The third-order valence-corrected chi connectivity index (χ3v) is 5.00. The summed E-state index contributed by atoms with van der Waals surface area (Å²) in [6, 6.07) is 10.1. The average Bonchev–Trinajstić information content (AvgIpc) is 2.73. The Bertz CT molecular complexity index is 497. The lowest BCUT2D eigenvalue weighted by molar-refractivity contribution is 0.557. The van der Waals surface area contributed by atoms with Gasteiger partial charge in [-0.3, -0.25) is 0 Å². The molecule has 0 saturated heterocycles. The molecule has 2 heterocycles. The molecule has 0 aliphatic carbocycles. The van der Waals surface area contributed by atoms with Crippen LogP contribution in [0.1, 0.15) is 0 Å². The van der Waals surface area contributed by atoms with Gasteiger partial charge in [-0.2, -0.15) is 0 Å². The van der Waals surface area contributed by atoms with Crippen LogP contribution in [-0.2, 0) is 6.54 Å². The molecule has 1 atom stereocenters. The van der Waals surface area contributed by atoms with Crippen LogP contribution in [0.5, 0.6) is 0 Å². The second-order valence-corrected chi connectivity index (χ2v) is 6.42. The number of aromatic nitrogens is 3. The molecule has 2 aromatic rings. The molecule has 0 radical (unpaired) electrons. The third-order valence-electron chi connectivity index (χ3n) is 2.43. The van der Waals surface area contributed by atoms with Crippen LogP contribution in [0.25, 0.3) is 11.4 Å². The van der Waals surface area contributed by atoms with Crippen LogP contribution in [0.15, 0.2) is 35.5 Å². The highest BCUT2D eigenvalue weighted by molar-refractivity contribution is 14.1. The third kappa shape index (κ3) is 1.98. The minimum absolute atomic E-state index is 0.653. The number of benzene rings is 1. The van der Waals surface area contributed by atoms with Crippen LogP contribution in [0, 0.1) is 0 Å². The zero-order valence-electron chi connectivity index (χ0n) is 8.51. The molecule has 16 heavy (non-hydrogen) atoms. The van der Waals surface area contributed by atoms with Crippen molar-refractivity contribution in [1.29, 1.82) is 0 Å². The van der Waals surface area contributed by atoms with Gasteiger partial charge in [-0.05, 0) is 0 Å². The van der Waals surface area contributed by atoms with E-state index in [-0.39, 0.29) is 0 Å². The number of hydrogen-bond donors (Lipinski definition) is 0. The van der Waals surface area contributed by atoms with Crippen LogP contribution in [-0.4, -0.2) is 24.4 Å². The lowest BCUT2D eigenvalue weighted by atomic mass is 10.2. The summed E-state index contributed by atoms with van der Waals surface area (Å²) in [7, 11) is 0. The molecule has 1 aromatic carbocycles. The van der Waals surface area contributed by atoms with Gasteiger partial charge in [0.1, 0.15) is 0 Å². The van der Waals surface area contributed by atoms with E-state index in [0.29, 0.717) is 3.92 Å². The summed E-state index contributed by atoms with van der Waals surface area (Å²) in [5.41, 5.74) is 1.09. The van der Waals surface area contributed by atoms with Crippen LogP contribution in [0.4, 0.5) is 0 Å². The fraction of sp³-hybridized carbons (Fsp3) is 0.273. The predicted molar refractivity (Wildman–Crippen MR) is 74.0 cm³/mol. The molecule has 3 rings (SSSR count). The van der Waals surface area contributed by atoms with Crippen molar-refractivity contribution < 1.29 is 0 Å². The smallest absolute Gasteiger partial charge is 0.186 e. The van der Waals surface area contributed by atoms with E-state index in [9.17, 15) is 0 Å². The lowest BCUT2D eigenvalue weighted by Crippen LogP contribution is -2.19. The minimum Gasteiger partial charge on any atom is -0.239 e. The minimum atomic E-state index is 0.653. The molecular formula is C11H10IN3S. The van der Waals surface area contributed by atoms with E-state index in [1.807, 2.05) is 35.0 Å². The maximum absolute atomic E-state index is 4.57. The molecule has 0 saturated carbocycles. The Hall–Kier alpha value is -0.560. The zero-order chi connectivity index (χ0) is 11.0. The van der Waals surface area contributed by atoms with Gasteiger partial charge >= 0.3 is 0 Å². The molecule has 0 bridgehead atoms. The first kappa shape index (κ1) is 10.6. The summed E-state index contributed by atoms with van der Waals surface area (Å²) in [5, 5.41) is 5.60. The fourth-order valence-electron chi connectivity index (χ4n) is 1.67. The molecule has 1 unspecified atom stereocenters. The standard InChI is InChI=1S/C11H10IN3S/c12-9-6-15-11(16-7-9)13-10(14-15)8-4-2-1-3-5-8/h1-5,9H,6-7H2. The molecule has 1 aromatic heterocycles. The number of thioether (sulfide) groups is 1. The Labute approximate surface area is 112 Å². The Morgan fingerprint density at radius 3 is 2.94 bits per heavy atom. The van der Waals surface area contributed by atoms with Crippen molar-refractivity contribution >= 4 is 34.4 Å². The summed E-state index contributed by atoms with van der Waals surface area (Å²) in [5.74, 6) is 1.97. The Morgan fingerprint density at radius 1 is 1.31 bits per heavy atom. The van der Waals surface area contributed by atoms with E-state index < -0.39 is 0 Å². The van der Waals surface area contributed by atoms with Crippen LogP contribution in [0.3, 0.4) is 0 Å². The Balaban J connectivity index is 1.99. The molecule has 1 aliphatic rings. The maximum Gasteiger partial charge on any atom is 0.186 e. The second kappa shape index (κ2) is 4.37. The summed E-state index contributed by atoms with van der Waals surface area (Å²) in [6.07, 6.45) is 0. The van der Waals surface area contributed by atoms with Gasteiger partial charge in [0, 0.05) is 15.2 Å². The summed E-state index contributed by atoms with van der Waals surface area (Å²) >= 11 is 4.26. The topological polar surface area (TPSA) is 30.7 Å². The second-order valence-electron chi connectivity index (χ2n) is 3.67. The number of hydrogen-bond acceptors (Lipinski definition) is 3. The van der Waals surface area contributed by atoms with Gasteiger partial charge in [0.25, 0.3) is 0 Å². The van der Waals surface area contributed by atoms with Crippen molar-refractivity contribution in [3.05, 3.63) is 30.3 Å². The molecule has 3 nitrogen and oxygen atoms in total. The summed E-state index contributed by atoms with van der Waals surface area (Å²) in [4.78, 5) is 4.57. The van der Waals surface area contributed by atoms with Gasteiger partial charge in [0.15, 0.2) is 11.0 Å². The number of fused-ring (bicyclic) bond motifs is 1. The largest absolute Gasteiger partial charge is 0.239 e. The van der Waals surface area contributed by atoms with Gasteiger partial charge in [-0.25, -0.2) is 9.67 Å². The van der Waals surface area contributed by atoms with E-state index in [1.165, 1.54) is 0 Å². The number of alkyl halides is 1. The first-order valence-corrected chi connectivity index (χ1v) is 7.33. The normalized spacial score (nSPS) is 19.4. The van der Waals surface area contributed by atoms with Crippen molar-refractivity contribution in [3.8, 4) is 11.4 Å². The van der Waals surface area contributed by atoms with E-state index in [2.05, 4.69) is 32.7 Å². The van der Waals surface area contributed by atoms with E-state index in [4.69, 9.17) is 0 Å². The molecule has 0 N–H and O–H groups in total. The number of nitrogens with zero attached hydrogens (tertiary/aromatic N) is 3. The molecule has 0 amide bonds. The monoisotopic (exact) mass is 343 g/mol. The van der Waals surface area contributed by atoms with Gasteiger partial charge in [0.2, 0.25) is 0 Å². The van der Waals surface area contributed by atoms with Gasteiger partial charge in [-0.15, -0.1) is 5.10 Å². The zero-order valence-corrected chi connectivity index (χ0v) is 11.5.